The Balaban J connectivity index is 1.36. The van der Waals surface area contributed by atoms with Crippen molar-refractivity contribution in [1.82, 2.24) is 10.2 Å². The van der Waals surface area contributed by atoms with Gasteiger partial charge in [-0.25, -0.2) is 0 Å². The number of amides is 1. The van der Waals surface area contributed by atoms with Crippen LogP contribution in [0.4, 0.5) is 0 Å². The lowest BCUT2D eigenvalue weighted by molar-refractivity contribution is -0.119. The maximum atomic E-state index is 13.0. The fraction of sp³-hybridized carbons (Fsp3) is 0.308. The largest absolute Gasteiger partial charge is 0.348 e. The van der Waals surface area contributed by atoms with Gasteiger partial charge in [-0.3, -0.25) is 4.79 Å². The number of carbonyl (C=O) groups excluding carboxylic acids is 1. The molecule has 4 aliphatic rings. The van der Waals surface area contributed by atoms with Gasteiger partial charge in [0.1, 0.15) is 0 Å². The van der Waals surface area contributed by atoms with Crippen molar-refractivity contribution >= 4 is 17.6 Å². The fourth-order valence-corrected chi connectivity index (χ4v) is 5.11. The molecule has 0 spiro atoms. The first-order valence-electron chi connectivity index (χ1n) is 10.7. The van der Waals surface area contributed by atoms with E-state index in [-0.39, 0.29) is 11.9 Å². The second-order valence-electron chi connectivity index (χ2n) is 8.61. The summed E-state index contributed by atoms with van der Waals surface area (Å²) >= 11 is 0. The van der Waals surface area contributed by atoms with Gasteiger partial charge in [0.15, 0.2) is 0 Å². The number of nitriles is 1. The molecule has 2 aromatic carbocycles. The SMILES string of the molecule is C=C(C#N)c1cccc(-c2cccc3c2CC(C(=O)NC2CN4CCC2CC4)=C3)c1. The van der Waals surface area contributed by atoms with Crippen molar-refractivity contribution in [2.75, 3.05) is 19.6 Å². The number of benzene rings is 2. The maximum Gasteiger partial charge on any atom is 0.247 e. The number of nitrogens with one attached hydrogen (secondary N) is 1. The van der Waals surface area contributed by atoms with E-state index in [0.717, 1.165) is 34.4 Å². The van der Waals surface area contributed by atoms with Crippen molar-refractivity contribution in [2.45, 2.75) is 25.3 Å². The van der Waals surface area contributed by atoms with Crippen LogP contribution >= 0.6 is 0 Å². The highest BCUT2D eigenvalue weighted by molar-refractivity contribution is 6.01. The summed E-state index contributed by atoms with van der Waals surface area (Å²) in [4.78, 5) is 15.5. The van der Waals surface area contributed by atoms with Crippen LogP contribution in [0, 0.1) is 17.2 Å². The van der Waals surface area contributed by atoms with Crippen molar-refractivity contribution in [1.29, 1.82) is 5.26 Å². The Morgan fingerprint density at radius 1 is 1.17 bits per heavy atom. The molecule has 2 aromatic rings. The summed E-state index contributed by atoms with van der Waals surface area (Å²) < 4.78 is 0. The Morgan fingerprint density at radius 2 is 1.97 bits per heavy atom. The van der Waals surface area contributed by atoms with Crippen LogP contribution < -0.4 is 5.32 Å². The van der Waals surface area contributed by atoms with E-state index in [1.807, 2.05) is 30.3 Å². The van der Waals surface area contributed by atoms with Gasteiger partial charge in [-0.15, -0.1) is 0 Å². The molecular weight excluding hydrogens is 370 g/mol. The topological polar surface area (TPSA) is 56.1 Å². The summed E-state index contributed by atoms with van der Waals surface area (Å²) in [5.74, 6) is 0.692. The second kappa shape index (κ2) is 7.59. The van der Waals surface area contributed by atoms with Gasteiger partial charge in [0.05, 0.1) is 11.6 Å². The molecule has 0 aromatic heterocycles. The summed E-state index contributed by atoms with van der Waals surface area (Å²) in [5.41, 5.74) is 6.58. The molecule has 150 valence electrons. The first-order valence-corrected chi connectivity index (χ1v) is 10.7. The summed E-state index contributed by atoms with van der Waals surface area (Å²) in [6, 6.07) is 16.5. The van der Waals surface area contributed by atoms with Crippen LogP contribution in [-0.2, 0) is 11.2 Å². The van der Waals surface area contributed by atoms with E-state index in [1.54, 1.807) is 0 Å². The highest BCUT2D eigenvalue weighted by Crippen LogP contribution is 2.35. The lowest BCUT2D eigenvalue weighted by Crippen LogP contribution is -2.57. The van der Waals surface area contributed by atoms with Crippen LogP contribution in [0.2, 0.25) is 0 Å². The molecular formula is C26H25N3O. The Kier molecular flexibility index (Phi) is 4.77. The Hall–Kier alpha value is -3.16. The third kappa shape index (κ3) is 3.36. The molecule has 4 heteroatoms. The zero-order valence-corrected chi connectivity index (χ0v) is 17.0. The average molecular weight is 396 g/mol. The molecule has 1 aliphatic carbocycles. The normalized spacial score (nSPS) is 24.0. The van der Waals surface area contributed by atoms with E-state index in [9.17, 15) is 4.79 Å². The number of hydrogen-bond acceptors (Lipinski definition) is 3. The van der Waals surface area contributed by atoms with E-state index in [4.69, 9.17) is 5.26 Å². The summed E-state index contributed by atoms with van der Waals surface area (Å²) in [6.07, 6.45) is 5.06. The van der Waals surface area contributed by atoms with Gasteiger partial charge in [0.2, 0.25) is 5.91 Å². The number of rotatable bonds is 4. The van der Waals surface area contributed by atoms with Gasteiger partial charge in [0, 0.05) is 24.6 Å². The van der Waals surface area contributed by atoms with Gasteiger partial charge in [-0.1, -0.05) is 43.0 Å². The van der Waals surface area contributed by atoms with Crippen LogP contribution in [0.3, 0.4) is 0 Å². The number of hydrogen-bond donors (Lipinski definition) is 1. The van der Waals surface area contributed by atoms with Gasteiger partial charge in [0.25, 0.3) is 0 Å². The van der Waals surface area contributed by atoms with Crippen molar-refractivity contribution in [3.8, 4) is 17.2 Å². The Labute approximate surface area is 177 Å². The van der Waals surface area contributed by atoms with E-state index >= 15 is 0 Å². The second-order valence-corrected chi connectivity index (χ2v) is 8.61. The lowest BCUT2D eigenvalue weighted by atomic mass is 9.84. The van der Waals surface area contributed by atoms with Gasteiger partial charge < -0.3 is 10.2 Å². The molecule has 3 aliphatic heterocycles. The first-order chi connectivity index (χ1) is 14.6. The van der Waals surface area contributed by atoms with Crippen molar-refractivity contribution in [2.24, 2.45) is 5.92 Å². The minimum Gasteiger partial charge on any atom is -0.348 e. The molecule has 3 saturated heterocycles. The molecule has 1 unspecified atom stereocenters. The van der Waals surface area contributed by atoms with Crippen LogP contribution in [0.5, 0.6) is 0 Å². The molecule has 4 nitrogen and oxygen atoms in total. The molecule has 2 bridgehead atoms. The molecule has 0 radical (unpaired) electrons. The fourth-order valence-electron chi connectivity index (χ4n) is 5.11. The number of allylic oxidation sites excluding steroid dienone is 1. The van der Waals surface area contributed by atoms with E-state index < -0.39 is 0 Å². The predicted octanol–water partition coefficient (Wildman–Crippen LogP) is 4.04. The highest BCUT2D eigenvalue weighted by atomic mass is 16.1. The van der Waals surface area contributed by atoms with E-state index in [0.29, 0.717) is 17.9 Å². The van der Waals surface area contributed by atoms with Crippen LogP contribution in [0.15, 0.2) is 54.6 Å². The van der Waals surface area contributed by atoms with Crippen LogP contribution in [0.1, 0.15) is 29.5 Å². The maximum absolute atomic E-state index is 13.0. The minimum atomic E-state index is 0.0718. The van der Waals surface area contributed by atoms with Crippen molar-refractivity contribution in [3.05, 3.63) is 71.3 Å². The number of nitrogens with zero attached hydrogens (tertiary/aromatic N) is 2. The molecule has 0 saturated carbocycles. The molecule has 1 amide bonds. The molecule has 6 rings (SSSR count). The van der Waals surface area contributed by atoms with Crippen molar-refractivity contribution < 1.29 is 4.79 Å². The summed E-state index contributed by atoms with van der Waals surface area (Å²) in [6.45, 7) is 7.16. The molecule has 1 atom stereocenters. The minimum absolute atomic E-state index is 0.0718. The number of piperidine rings is 3. The van der Waals surface area contributed by atoms with Crippen LogP contribution in [0.25, 0.3) is 22.8 Å². The molecule has 3 heterocycles. The average Bonchev–Trinajstić information content (AvgIpc) is 3.24. The van der Waals surface area contributed by atoms with Gasteiger partial charge >= 0.3 is 0 Å². The van der Waals surface area contributed by atoms with E-state index in [1.165, 1.54) is 31.5 Å². The molecule has 3 fully saturated rings. The van der Waals surface area contributed by atoms with Gasteiger partial charge in [-0.05, 0) is 71.8 Å². The standard InChI is InChI=1S/C26H25N3O/c1-17(15-27)19-4-2-5-20(12-19)23-7-3-6-21-13-22(14-24(21)23)26(30)28-25-16-29-10-8-18(25)9-11-29/h2-7,12-13,18,25H,1,8-11,14,16H2,(H,28,30). The predicted molar refractivity (Wildman–Crippen MR) is 119 cm³/mol. The Bertz CT molecular complexity index is 1100. The quantitative estimate of drug-likeness (QED) is 0.795. The molecule has 1 N–H and O–H groups in total. The lowest BCUT2D eigenvalue weighted by Gasteiger charge is -2.45. The zero-order valence-electron chi connectivity index (χ0n) is 17.0. The number of fused-ring (bicyclic) bond motifs is 4. The van der Waals surface area contributed by atoms with Crippen LogP contribution in [-0.4, -0.2) is 36.5 Å². The third-order valence-corrected chi connectivity index (χ3v) is 6.83. The summed E-state index contributed by atoms with van der Waals surface area (Å²) in [5, 5.41) is 12.5. The summed E-state index contributed by atoms with van der Waals surface area (Å²) in [7, 11) is 0. The molecule has 30 heavy (non-hydrogen) atoms. The monoisotopic (exact) mass is 395 g/mol. The zero-order chi connectivity index (χ0) is 20.7. The Morgan fingerprint density at radius 3 is 2.70 bits per heavy atom. The first kappa shape index (κ1) is 18.8. The van der Waals surface area contributed by atoms with Gasteiger partial charge in [-0.2, -0.15) is 5.26 Å². The highest BCUT2D eigenvalue weighted by Gasteiger charge is 2.35. The third-order valence-electron chi connectivity index (χ3n) is 6.83. The number of carbonyl (C=O) groups is 1. The van der Waals surface area contributed by atoms with E-state index in [2.05, 4.69) is 41.1 Å². The van der Waals surface area contributed by atoms with Crippen molar-refractivity contribution in [3.63, 3.8) is 0 Å². The smallest absolute Gasteiger partial charge is 0.247 e.